The van der Waals surface area contributed by atoms with Gasteiger partial charge in [-0.25, -0.2) is 8.42 Å². The van der Waals surface area contributed by atoms with Crippen molar-refractivity contribution < 1.29 is 17.9 Å². The molecule has 0 bridgehead atoms. The van der Waals surface area contributed by atoms with E-state index in [-0.39, 0.29) is 18.0 Å². The number of sulfonamides is 1. The maximum Gasteiger partial charge on any atom is 0.243 e. The molecule has 2 aromatic rings. The first kappa shape index (κ1) is 19.6. The summed E-state index contributed by atoms with van der Waals surface area (Å²) in [6, 6.07) is 14.6. The Labute approximate surface area is 150 Å². The molecule has 0 saturated carbocycles. The van der Waals surface area contributed by atoms with E-state index in [1.807, 2.05) is 38.1 Å². The van der Waals surface area contributed by atoms with E-state index >= 15 is 0 Å². The van der Waals surface area contributed by atoms with Gasteiger partial charge in [-0.3, -0.25) is 0 Å². The number of aryl methyl sites for hydroxylation is 2. The highest BCUT2D eigenvalue weighted by Crippen LogP contribution is 2.20. The van der Waals surface area contributed by atoms with Gasteiger partial charge in [-0.2, -0.15) is 4.31 Å². The van der Waals surface area contributed by atoms with E-state index in [0.717, 1.165) is 16.7 Å². The predicted molar refractivity (Wildman–Crippen MR) is 97.8 cm³/mol. The second kappa shape index (κ2) is 8.58. The van der Waals surface area contributed by atoms with Crippen LogP contribution < -0.4 is 0 Å². The summed E-state index contributed by atoms with van der Waals surface area (Å²) in [6.45, 7) is 4.28. The van der Waals surface area contributed by atoms with Crippen molar-refractivity contribution in [1.29, 1.82) is 0 Å². The quantitative estimate of drug-likeness (QED) is 0.676. The standard InChI is InChI=1S/C19H25NO4S/c1-15-5-9-17(10-6-15)13-20(14-19(23-3)24-4)25(21,22)18-11-7-16(2)8-12-18/h5-12,19H,13-14H2,1-4H3. The van der Waals surface area contributed by atoms with Crippen molar-refractivity contribution in [1.82, 2.24) is 4.31 Å². The zero-order valence-electron chi connectivity index (χ0n) is 15.1. The largest absolute Gasteiger partial charge is 0.354 e. The Morgan fingerprint density at radius 2 is 1.36 bits per heavy atom. The van der Waals surface area contributed by atoms with E-state index in [2.05, 4.69) is 0 Å². The number of rotatable bonds is 8. The van der Waals surface area contributed by atoms with Crippen LogP contribution in [0.15, 0.2) is 53.4 Å². The second-order valence-electron chi connectivity index (χ2n) is 6.00. The molecule has 0 amide bonds. The number of hydrogen-bond acceptors (Lipinski definition) is 4. The average molecular weight is 363 g/mol. The fourth-order valence-electron chi connectivity index (χ4n) is 2.42. The van der Waals surface area contributed by atoms with Gasteiger partial charge in [0.15, 0.2) is 6.29 Å². The Kier molecular flexibility index (Phi) is 6.72. The number of methoxy groups -OCH3 is 2. The Morgan fingerprint density at radius 1 is 0.880 bits per heavy atom. The predicted octanol–water partition coefficient (Wildman–Crippen LogP) is 3.11. The fourth-order valence-corrected chi connectivity index (χ4v) is 3.83. The number of nitrogens with zero attached hydrogens (tertiary/aromatic N) is 1. The lowest BCUT2D eigenvalue weighted by molar-refractivity contribution is -0.108. The first-order valence-electron chi connectivity index (χ1n) is 8.04. The van der Waals surface area contributed by atoms with Gasteiger partial charge in [0.2, 0.25) is 10.0 Å². The molecule has 25 heavy (non-hydrogen) atoms. The van der Waals surface area contributed by atoms with Crippen LogP contribution in [0.1, 0.15) is 16.7 Å². The van der Waals surface area contributed by atoms with Gasteiger partial charge in [0.05, 0.1) is 11.4 Å². The Balaban J connectivity index is 2.35. The molecule has 0 fully saturated rings. The van der Waals surface area contributed by atoms with Gasteiger partial charge in [-0.05, 0) is 31.5 Å². The third-order valence-electron chi connectivity index (χ3n) is 4.02. The van der Waals surface area contributed by atoms with Crippen LogP contribution in [0.2, 0.25) is 0 Å². The van der Waals surface area contributed by atoms with Crippen LogP contribution in [0.3, 0.4) is 0 Å². The third-order valence-corrected chi connectivity index (χ3v) is 5.84. The molecule has 0 aliphatic rings. The molecule has 0 N–H and O–H groups in total. The molecular formula is C19H25NO4S. The zero-order chi connectivity index (χ0) is 18.4. The lowest BCUT2D eigenvalue weighted by atomic mass is 10.1. The molecular weight excluding hydrogens is 338 g/mol. The highest BCUT2D eigenvalue weighted by atomic mass is 32.2. The highest BCUT2D eigenvalue weighted by Gasteiger charge is 2.27. The Bertz CT molecular complexity index is 766. The van der Waals surface area contributed by atoms with Gasteiger partial charge in [-0.15, -0.1) is 0 Å². The summed E-state index contributed by atoms with van der Waals surface area (Å²) < 4.78 is 38.0. The van der Waals surface area contributed by atoms with Crippen molar-refractivity contribution in [2.45, 2.75) is 31.6 Å². The molecule has 0 radical (unpaired) electrons. The van der Waals surface area contributed by atoms with Crippen molar-refractivity contribution in [2.75, 3.05) is 20.8 Å². The van der Waals surface area contributed by atoms with Crippen LogP contribution >= 0.6 is 0 Å². The summed E-state index contributed by atoms with van der Waals surface area (Å²) in [5.41, 5.74) is 3.05. The Hall–Kier alpha value is -1.73. The van der Waals surface area contributed by atoms with Crippen molar-refractivity contribution in [3.05, 3.63) is 65.2 Å². The number of benzene rings is 2. The molecule has 0 unspecified atom stereocenters. The van der Waals surface area contributed by atoms with Gasteiger partial charge in [0, 0.05) is 20.8 Å². The van der Waals surface area contributed by atoms with E-state index in [1.54, 1.807) is 24.3 Å². The maximum atomic E-state index is 13.1. The molecule has 2 rings (SSSR count). The summed E-state index contributed by atoms with van der Waals surface area (Å²) in [7, 11) is -0.675. The molecule has 5 nitrogen and oxygen atoms in total. The monoisotopic (exact) mass is 363 g/mol. The topological polar surface area (TPSA) is 55.8 Å². The minimum atomic E-state index is -3.67. The summed E-state index contributed by atoms with van der Waals surface area (Å²) in [6.07, 6.45) is -0.634. The third kappa shape index (κ3) is 5.12. The summed E-state index contributed by atoms with van der Waals surface area (Å²) >= 11 is 0. The normalized spacial score (nSPS) is 12.1. The molecule has 0 spiro atoms. The fraction of sp³-hybridized carbons (Fsp3) is 0.368. The van der Waals surface area contributed by atoms with Gasteiger partial charge < -0.3 is 9.47 Å². The SMILES string of the molecule is COC(CN(Cc1ccc(C)cc1)S(=O)(=O)c1ccc(C)cc1)OC. The minimum Gasteiger partial charge on any atom is -0.354 e. The van der Waals surface area contributed by atoms with Crippen LogP contribution in [-0.2, 0) is 26.0 Å². The van der Waals surface area contributed by atoms with E-state index in [0.29, 0.717) is 0 Å². The van der Waals surface area contributed by atoms with Crippen molar-refractivity contribution in [3.63, 3.8) is 0 Å². The van der Waals surface area contributed by atoms with Gasteiger partial charge in [0.25, 0.3) is 0 Å². The van der Waals surface area contributed by atoms with Crippen molar-refractivity contribution >= 4 is 10.0 Å². The van der Waals surface area contributed by atoms with Crippen LogP contribution in [0.25, 0.3) is 0 Å². The van der Waals surface area contributed by atoms with Crippen LogP contribution in [0.5, 0.6) is 0 Å². The molecule has 136 valence electrons. The average Bonchev–Trinajstić information content (AvgIpc) is 2.60. The second-order valence-corrected chi connectivity index (χ2v) is 7.94. The molecule has 6 heteroatoms. The van der Waals surface area contributed by atoms with E-state index in [4.69, 9.17) is 9.47 Å². The highest BCUT2D eigenvalue weighted by molar-refractivity contribution is 7.89. The molecule has 0 saturated heterocycles. The minimum absolute atomic E-state index is 0.108. The maximum absolute atomic E-state index is 13.1. The van der Waals surface area contributed by atoms with Gasteiger partial charge >= 0.3 is 0 Å². The van der Waals surface area contributed by atoms with E-state index < -0.39 is 16.3 Å². The lowest BCUT2D eigenvalue weighted by Crippen LogP contribution is -2.38. The number of ether oxygens (including phenoxy) is 2. The number of hydrogen-bond donors (Lipinski definition) is 0. The molecule has 0 aliphatic heterocycles. The summed E-state index contributed by atoms with van der Waals surface area (Å²) in [5.74, 6) is 0. The lowest BCUT2D eigenvalue weighted by Gasteiger charge is -2.26. The van der Waals surface area contributed by atoms with Crippen LogP contribution in [-0.4, -0.2) is 39.8 Å². The van der Waals surface area contributed by atoms with Crippen LogP contribution in [0.4, 0.5) is 0 Å². The van der Waals surface area contributed by atoms with E-state index in [9.17, 15) is 8.42 Å². The van der Waals surface area contributed by atoms with Gasteiger partial charge in [-0.1, -0.05) is 47.5 Å². The molecule has 0 heterocycles. The molecule has 0 aromatic heterocycles. The van der Waals surface area contributed by atoms with E-state index in [1.165, 1.54) is 18.5 Å². The first-order chi connectivity index (χ1) is 11.9. The molecule has 2 aromatic carbocycles. The molecule has 0 aliphatic carbocycles. The zero-order valence-corrected chi connectivity index (χ0v) is 15.9. The summed E-state index contributed by atoms with van der Waals surface area (Å²) in [4.78, 5) is 0.260. The summed E-state index contributed by atoms with van der Waals surface area (Å²) in [5, 5.41) is 0. The van der Waals surface area contributed by atoms with Crippen molar-refractivity contribution in [3.8, 4) is 0 Å². The first-order valence-corrected chi connectivity index (χ1v) is 9.48. The smallest absolute Gasteiger partial charge is 0.243 e. The van der Waals surface area contributed by atoms with Crippen molar-refractivity contribution in [2.24, 2.45) is 0 Å². The molecule has 0 atom stereocenters. The van der Waals surface area contributed by atoms with Crippen LogP contribution in [0, 0.1) is 13.8 Å². The van der Waals surface area contributed by atoms with Gasteiger partial charge in [0.1, 0.15) is 0 Å². The Morgan fingerprint density at radius 3 is 1.84 bits per heavy atom.